The van der Waals surface area contributed by atoms with Crippen molar-refractivity contribution in [1.82, 2.24) is 10.0 Å². The Balaban J connectivity index is 2.33. The molecule has 5 heteroatoms. The molecule has 1 aliphatic carbocycles. The van der Waals surface area contributed by atoms with Crippen molar-refractivity contribution in [3.05, 3.63) is 0 Å². The Labute approximate surface area is 99.2 Å². The number of hydrogen-bond acceptors (Lipinski definition) is 3. The first-order chi connectivity index (χ1) is 7.37. The van der Waals surface area contributed by atoms with Crippen LogP contribution in [0.5, 0.6) is 0 Å². The summed E-state index contributed by atoms with van der Waals surface area (Å²) in [5.41, 5.74) is -0.267. The van der Waals surface area contributed by atoms with Gasteiger partial charge in [-0.25, -0.2) is 13.1 Å². The maximum Gasteiger partial charge on any atom is 0.212 e. The summed E-state index contributed by atoms with van der Waals surface area (Å²) in [6.07, 6.45) is 2.96. The molecule has 2 N–H and O–H groups in total. The Morgan fingerprint density at radius 3 is 2.44 bits per heavy atom. The first kappa shape index (κ1) is 13.9. The molecule has 0 amide bonds. The molecule has 0 unspecified atom stereocenters. The van der Waals surface area contributed by atoms with Gasteiger partial charge in [0.15, 0.2) is 0 Å². The van der Waals surface area contributed by atoms with Crippen LogP contribution in [0, 0.1) is 5.92 Å². The summed E-state index contributed by atoms with van der Waals surface area (Å²) >= 11 is 0. The fraction of sp³-hybridized carbons (Fsp3) is 1.00. The average molecular weight is 248 g/mol. The summed E-state index contributed by atoms with van der Waals surface area (Å²) in [5, 5.41) is 3.13. The van der Waals surface area contributed by atoms with Gasteiger partial charge < -0.3 is 5.32 Å². The molecule has 0 aromatic carbocycles. The fourth-order valence-electron chi connectivity index (χ4n) is 1.90. The second-order valence-corrected chi connectivity index (χ2v) is 6.97. The second kappa shape index (κ2) is 5.47. The predicted octanol–water partition coefficient (Wildman–Crippen LogP) is 1.09. The molecule has 0 atom stereocenters. The van der Waals surface area contributed by atoms with E-state index in [1.165, 1.54) is 0 Å². The van der Waals surface area contributed by atoms with Crippen molar-refractivity contribution in [2.75, 3.05) is 18.8 Å². The van der Waals surface area contributed by atoms with Crippen molar-refractivity contribution < 1.29 is 8.42 Å². The molecular weight excluding hydrogens is 224 g/mol. The van der Waals surface area contributed by atoms with E-state index in [4.69, 9.17) is 0 Å². The highest BCUT2D eigenvalue weighted by molar-refractivity contribution is 7.89. The third-order valence-corrected chi connectivity index (χ3v) is 4.70. The van der Waals surface area contributed by atoms with E-state index >= 15 is 0 Å². The minimum atomic E-state index is -3.11. The van der Waals surface area contributed by atoms with Gasteiger partial charge in [0, 0.05) is 5.54 Å². The number of hydrogen-bond donors (Lipinski definition) is 2. The molecule has 4 nitrogen and oxygen atoms in total. The van der Waals surface area contributed by atoms with Gasteiger partial charge in [0.2, 0.25) is 10.0 Å². The molecule has 96 valence electrons. The standard InChI is InChI=1S/C11H24N2O2S/c1-4-12-8-5-9-16(14,15)13-11(2,3)10-6-7-10/h10,12-13H,4-9H2,1-3H3. The Bertz CT molecular complexity index is 308. The summed E-state index contributed by atoms with van der Waals surface area (Å²) < 4.78 is 26.4. The maximum absolute atomic E-state index is 11.8. The molecule has 1 saturated carbocycles. The van der Waals surface area contributed by atoms with Crippen LogP contribution in [-0.4, -0.2) is 32.8 Å². The van der Waals surface area contributed by atoms with Crippen LogP contribution in [0.15, 0.2) is 0 Å². The zero-order valence-electron chi connectivity index (χ0n) is 10.5. The van der Waals surface area contributed by atoms with Gasteiger partial charge in [-0.2, -0.15) is 0 Å². The highest BCUT2D eigenvalue weighted by atomic mass is 32.2. The van der Waals surface area contributed by atoms with Crippen molar-refractivity contribution >= 4 is 10.0 Å². The largest absolute Gasteiger partial charge is 0.317 e. The maximum atomic E-state index is 11.8. The molecule has 0 radical (unpaired) electrons. The number of sulfonamides is 1. The van der Waals surface area contributed by atoms with Gasteiger partial charge in [0.25, 0.3) is 0 Å². The Morgan fingerprint density at radius 2 is 1.94 bits per heavy atom. The third-order valence-electron chi connectivity index (χ3n) is 3.03. The van der Waals surface area contributed by atoms with Crippen molar-refractivity contribution in [3.8, 4) is 0 Å². The summed E-state index contributed by atoms with van der Waals surface area (Å²) in [4.78, 5) is 0. The van der Waals surface area contributed by atoms with E-state index in [1.807, 2.05) is 20.8 Å². The second-order valence-electron chi connectivity index (χ2n) is 5.12. The van der Waals surface area contributed by atoms with E-state index in [1.54, 1.807) is 0 Å². The third kappa shape index (κ3) is 4.80. The van der Waals surface area contributed by atoms with Gasteiger partial charge in [-0.3, -0.25) is 0 Å². The van der Waals surface area contributed by atoms with Crippen molar-refractivity contribution in [2.24, 2.45) is 5.92 Å². The molecule has 0 aromatic rings. The van der Waals surface area contributed by atoms with Gasteiger partial charge in [0.05, 0.1) is 5.75 Å². The van der Waals surface area contributed by atoms with E-state index < -0.39 is 10.0 Å². The average Bonchev–Trinajstić information content (AvgIpc) is 2.93. The van der Waals surface area contributed by atoms with Crippen molar-refractivity contribution in [3.63, 3.8) is 0 Å². The topological polar surface area (TPSA) is 58.2 Å². The first-order valence-electron chi connectivity index (χ1n) is 6.10. The molecule has 1 fully saturated rings. The van der Waals surface area contributed by atoms with Gasteiger partial charge in [0.1, 0.15) is 0 Å². The molecule has 0 bridgehead atoms. The molecule has 16 heavy (non-hydrogen) atoms. The summed E-state index contributed by atoms with van der Waals surface area (Å²) in [6, 6.07) is 0. The fourth-order valence-corrected chi connectivity index (χ4v) is 3.50. The smallest absolute Gasteiger partial charge is 0.212 e. The van der Waals surface area contributed by atoms with E-state index in [9.17, 15) is 8.42 Å². The highest BCUT2D eigenvalue weighted by Crippen LogP contribution is 2.39. The lowest BCUT2D eigenvalue weighted by atomic mass is 10.0. The highest BCUT2D eigenvalue weighted by Gasteiger charge is 2.40. The van der Waals surface area contributed by atoms with Gasteiger partial charge in [-0.1, -0.05) is 6.92 Å². The minimum absolute atomic E-state index is 0.218. The Morgan fingerprint density at radius 1 is 1.31 bits per heavy atom. The van der Waals surface area contributed by atoms with Crippen LogP contribution in [0.1, 0.15) is 40.0 Å². The van der Waals surface area contributed by atoms with Gasteiger partial charge in [-0.05, 0) is 52.1 Å². The normalized spacial score (nSPS) is 17.7. The monoisotopic (exact) mass is 248 g/mol. The lowest BCUT2D eigenvalue weighted by Gasteiger charge is -2.25. The lowest BCUT2D eigenvalue weighted by Crippen LogP contribution is -2.46. The minimum Gasteiger partial charge on any atom is -0.317 e. The molecule has 1 aliphatic rings. The Kier molecular flexibility index (Phi) is 4.76. The van der Waals surface area contributed by atoms with E-state index in [2.05, 4.69) is 10.0 Å². The van der Waals surface area contributed by atoms with Crippen LogP contribution in [0.3, 0.4) is 0 Å². The van der Waals surface area contributed by atoms with Crippen LogP contribution in [0.2, 0.25) is 0 Å². The van der Waals surface area contributed by atoms with Crippen molar-refractivity contribution in [1.29, 1.82) is 0 Å². The first-order valence-corrected chi connectivity index (χ1v) is 7.75. The van der Waals surface area contributed by atoms with Crippen LogP contribution < -0.4 is 10.0 Å². The molecule has 0 aromatic heterocycles. The Hall–Kier alpha value is -0.130. The van der Waals surface area contributed by atoms with E-state index in [-0.39, 0.29) is 11.3 Å². The zero-order valence-corrected chi connectivity index (χ0v) is 11.4. The van der Waals surface area contributed by atoms with E-state index in [0.717, 1.165) is 25.9 Å². The molecule has 1 rings (SSSR count). The number of rotatable bonds is 8. The van der Waals surface area contributed by atoms with Crippen LogP contribution in [0.25, 0.3) is 0 Å². The number of nitrogens with one attached hydrogen (secondary N) is 2. The van der Waals surface area contributed by atoms with Crippen LogP contribution >= 0.6 is 0 Å². The zero-order chi connectivity index (χ0) is 12.2. The lowest BCUT2D eigenvalue weighted by molar-refractivity contribution is 0.400. The molecule has 0 spiro atoms. The summed E-state index contributed by atoms with van der Waals surface area (Å²) in [7, 11) is -3.11. The SMILES string of the molecule is CCNCCCS(=O)(=O)NC(C)(C)C1CC1. The summed E-state index contributed by atoms with van der Waals surface area (Å²) in [6.45, 7) is 7.63. The predicted molar refractivity (Wildman–Crippen MR) is 66.9 cm³/mol. The van der Waals surface area contributed by atoms with Gasteiger partial charge >= 0.3 is 0 Å². The molecule has 0 heterocycles. The molecule has 0 aliphatic heterocycles. The molecular formula is C11H24N2O2S. The summed E-state index contributed by atoms with van der Waals surface area (Å²) in [5.74, 6) is 0.743. The van der Waals surface area contributed by atoms with Crippen LogP contribution in [0.4, 0.5) is 0 Å². The van der Waals surface area contributed by atoms with Crippen LogP contribution in [-0.2, 0) is 10.0 Å². The van der Waals surface area contributed by atoms with Gasteiger partial charge in [-0.15, -0.1) is 0 Å². The van der Waals surface area contributed by atoms with Crippen molar-refractivity contribution in [2.45, 2.75) is 45.6 Å². The van der Waals surface area contributed by atoms with E-state index in [0.29, 0.717) is 12.3 Å². The molecule has 0 saturated heterocycles. The quantitative estimate of drug-likeness (QED) is 0.632.